The van der Waals surface area contributed by atoms with Crippen molar-refractivity contribution in [2.45, 2.75) is 25.8 Å². The molecule has 0 aromatic heterocycles. The lowest BCUT2D eigenvalue weighted by molar-refractivity contribution is -0.148. The van der Waals surface area contributed by atoms with Crippen molar-refractivity contribution in [3.05, 3.63) is 33.8 Å². The summed E-state index contributed by atoms with van der Waals surface area (Å²) in [7, 11) is 0. The number of halogens is 1. The van der Waals surface area contributed by atoms with Crippen LogP contribution < -0.4 is 5.73 Å². The van der Waals surface area contributed by atoms with E-state index in [1.54, 1.807) is 0 Å². The zero-order valence-corrected chi connectivity index (χ0v) is 13.7. The lowest BCUT2D eigenvalue weighted by Crippen LogP contribution is -2.52. The molecule has 21 heavy (non-hydrogen) atoms. The molecule has 1 fully saturated rings. The number of nitrogens with two attached hydrogens (primary N) is 1. The molecule has 0 unspecified atom stereocenters. The van der Waals surface area contributed by atoms with Crippen LogP contribution >= 0.6 is 15.9 Å². The highest BCUT2D eigenvalue weighted by atomic mass is 79.9. The lowest BCUT2D eigenvalue weighted by Gasteiger charge is -2.40. The number of ether oxygens (including phenoxy) is 1. The quantitative estimate of drug-likeness (QED) is 0.886. The molecule has 1 aromatic rings. The number of rotatable bonds is 2. The third-order valence-electron chi connectivity index (χ3n) is 4.80. The largest absolute Gasteiger partial charge is 0.381 e. The van der Waals surface area contributed by atoms with Gasteiger partial charge in [-0.1, -0.05) is 28.1 Å². The number of hydrogen-bond acceptors (Lipinski definition) is 3. The van der Waals surface area contributed by atoms with Gasteiger partial charge in [0.25, 0.3) is 0 Å². The molecular formula is C16H21BrN2O2. The molecule has 1 aromatic carbocycles. The maximum absolute atomic E-state index is 13.0. The molecule has 0 radical (unpaired) electrons. The van der Waals surface area contributed by atoms with Gasteiger partial charge in [-0.15, -0.1) is 0 Å². The summed E-state index contributed by atoms with van der Waals surface area (Å²) < 4.78 is 6.49. The van der Waals surface area contributed by atoms with Crippen LogP contribution in [0, 0.1) is 5.41 Å². The number of amides is 1. The van der Waals surface area contributed by atoms with Crippen LogP contribution in [0.1, 0.15) is 24.0 Å². The van der Waals surface area contributed by atoms with E-state index in [9.17, 15) is 4.79 Å². The van der Waals surface area contributed by atoms with E-state index in [1.165, 1.54) is 11.1 Å². The molecule has 2 aliphatic heterocycles. The van der Waals surface area contributed by atoms with Crippen LogP contribution in [0.4, 0.5) is 0 Å². The molecule has 0 aliphatic carbocycles. The van der Waals surface area contributed by atoms with Crippen molar-refractivity contribution in [2.75, 3.05) is 26.3 Å². The van der Waals surface area contributed by atoms with Crippen LogP contribution in [0.2, 0.25) is 0 Å². The Morgan fingerprint density at radius 1 is 1.38 bits per heavy atom. The second-order valence-electron chi connectivity index (χ2n) is 5.95. The highest BCUT2D eigenvalue weighted by molar-refractivity contribution is 9.10. The van der Waals surface area contributed by atoms with Crippen LogP contribution in [0.25, 0.3) is 0 Å². The van der Waals surface area contributed by atoms with E-state index in [1.807, 2.05) is 11.0 Å². The maximum atomic E-state index is 13.0. The molecule has 3 rings (SSSR count). The van der Waals surface area contributed by atoms with E-state index in [0.29, 0.717) is 26.3 Å². The molecule has 0 spiro atoms. The van der Waals surface area contributed by atoms with Gasteiger partial charge in [-0.25, -0.2) is 0 Å². The van der Waals surface area contributed by atoms with Crippen molar-refractivity contribution in [3.63, 3.8) is 0 Å². The highest BCUT2D eigenvalue weighted by Gasteiger charge is 2.42. The van der Waals surface area contributed by atoms with E-state index in [4.69, 9.17) is 10.5 Å². The van der Waals surface area contributed by atoms with Crippen LogP contribution in [0.5, 0.6) is 0 Å². The summed E-state index contributed by atoms with van der Waals surface area (Å²) in [5, 5.41) is 0. The van der Waals surface area contributed by atoms with Crippen LogP contribution in [-0.2, 0) is 22.5 Å². The Balaban J connectivity index is 1.82. The van der Waals surface area contributed by atoms with Gasteiger partial charge in [0.1, 0.15) is 0 Å². The summed E-state index contributed by atoms with van der Waals surface area (Å²) >= 11 is 3.60. The van der Waals surface area contributed by atoms with Gasteiger partial charge in [-0.3, -0.25) is 4.79 Å². The Morgan fingerprint density at radius 2 is 2.14 bits per heavy atom. The first kappa shape index (κ1) is 15.0. The predicted octanol–water partition coefficient (Wildman–Crippen LogP) is 2.09. The number of carbonyl (C=O) groups is 1. The third kappa shape index (κ3) is 2.74. The molecule has 114 valence electrons. The minimum Gasteiger partial charge on any atom is -0.381 e. The smallest absolute Gasteiger partial charge is 0.230 e. The van der Waals surface area contributed by atoms with Crippen LogP contribution in [0.3, 0.4) is 0 Å². The van der Waals surface area contributed by atoms with Gasteiger partial charge in [-0.05, 0) is 36.5 Å². The second kappa shape index (κ2) is 6.07. The predicted molar refractivity (Wildman–Crippen MR) is 84.8 cm³/mol. The summed E-state index contributed by atoms with van der Waals surface area (Å²) in [4.78, 5) is 15.0. The van der Waals surface area contributed by atoms with Gasteiger partial charge in [0.15, 0.2) is 0 Å². The molecule has 2 aliphatic rings. The van der Waals surface area contributed by atoms with E-state index in [0.717, 1.165) is 30.3 Å². The fourth-order valence-electron chi connectivity index (χ4n) is 3.32. The Morgan fingerprint density at radius 3 is 2.86 bits per heavy atom. The molecule has 1 amide bonds. The summed E-state index contributed by atoms with van der Waals surface area (Å²) in [6, 6.07) is 6.25. The van der Waals surface area contributed by atoms with Crippen molar-refractivity contribution < 1.29 is 9.53 Å². The van der Waals surface area contributed by atoms with E-state index in [2.05, 4.69) is 28.1 Å². The van der Waals surface area contributed by atoms with Crippen LogP contribution in [0.15, 0.2) is 22.7 Å². The molecule has 4 nitrogen and oxygen atoms in total. The Bertz CT molecular complexity index is 541. The number of hydrogen-bond donors (Lipinski definition) is 1. The fraction of sp³-hybridized carbons (Fsp3) is 0.562. The Kier molecular flexibility index (Phi) is 4.33. The molecule has 0 atom stereocenters. The van der Waals surface area contributed by atoms with E-state index in [-0.39, 0.29) is 5.91 Å². The van der Waals surface area contributed by atoms with Crippen molar-refractivity contribution in [2.24, 2.45) is 11.1 Å². The molecule has 5 heteroatoms. The molecular weight excluding hydrogens is 332 g/mol. The van der Waals surface area contributed by atoms with Crippen LogP contribution in [-0.4, -0.2) is 37.1 Å². The molecule has 1 saturated heterocycles. The number of carbonyl (C=O) groups excluding carboxylic acids is 1. The highest BCUT2D eigenvalue weighted by Crippen LogP contribution is 2.34. The average molecular weight is 353 g/mol. The van der Waals surface area contributed by atoms with Gasteiger partial charge in [0.05, 0.1) is 5.41 Å². The maximum Gasteiger partial charge on any atom is 0.230 e. The van der Waals surface area contributed by atoms with Gasteiger partial charge >= 0.3 is 0 Å². The summed E-state index contributed by atoms with van der Waals surface area (Å²) in [5.74, 6) is 0.203. The molecule has 2 heterocycles. The van der Waals surface area contributed by atoms with Crippen molar-refractivity contribution in [3.8, 4) is 0 Å². The van der Waals surface area contributed by atoms with Crippen molar-refractivity contribution in [1.82, 2.24) is 4.90 Å². The number of nitrogens with zero attached hydrogens (tertiary/aromatic N) is 1. The summed E-state index contributed by atoms with van der Waals surface area (Å²) in [5.41, 5.74) is 8.11. The average Bonchev–Trinajstić information content (AvgIpc) is 2.55. The summed E-state index contributed by atoms with van der Waals surface area (Å²) in [6.45, 7) is 3.14. The van der Waals surface area contributed by atoms with E-state index >= 15 is 0 Å². The van der Waals surface area contributed by atoms with Gasteiger partial charge < -0.3 is 15.4 Å². The normalized spacial score (nSPS) is 21.0. The lowest BCUT2D eigenvalue weighted by atomic mass is 9.78. The zero-order chi connectivity index (χ0) is 14.9. The first-order valence-corrected chi connectivity index (χ1v) is 8.29. The summed E-state index contributed by atoms with van der Waals surface area (Å²) in [6.07, 6.45) is 2.39. The second-order valence-corrected chi connectivity index (χ2v) is 6.81. The molecule has 0 saturated carbocycles. The van der Waals surface area contributed by atoms with Gasteiger partial charge in [-0.2, -0.15) is 0 Å². The van der Waals surface area contributed by atoms with Gasteiger partial charge in [0, 0.05) is 37.3 Å². The monoisotopic (exact) mass is 352 g/mol. The Hall–Kier alpha value is -0.910. The topological polar surface area (TPSA) is 55.6 Å². The van der Waals surface area contributed by atoms with Crippen molar-refractivity contribution >= 4 is 21.8 Å². The standard InChI is InChI=1S/C16H21BrN2O2/c17-14-3-1-2-12-4-7-19(10-13(12)14)15(20)16(11-18)5-8-21-9-6-16/h1-3H,4-11,18H2. The SMILES string of the molecule is NCC1(C(=O)N2CCc3cccc(Br)c3C2)CCOCC1. The minimum atomic E-state index is -0.420. The zero-order valence-electron chi connectivity index (χ0n) is 12.1. The minimum absolute atomic E-state index is 0.203. The fourth-order valence-corrected chi connectivity index (χ4v) is 3.85. The van der Waals surface area contributed by atoms with E-state index < -0.39 is 5.41 Å². The molecule has 0 bridgehead atoms. The number of benzene rings is 1. The first-order valence-electron chi connectivity index (χ1n) is 7.50. The van der Waals surface area contributed by atoms with Crippen molar-refractivity contribution in [1.29, 1.82) is 0 Å². The van der Waals surface area contributed by atoms with Gasteiger partial charge in [0.2, 0.25) is 5.91 Å². The third-order valence-corrected chi connectivity index (χ3v) is 5.54. The number of fused-ring (bicyclic) bond motifs is 1. The first-order chi connectivity index (χ1) is 10.2. The Labute approximate surface area is 133 Å². The molecule has 2 N–H and O–H groups in total.